The van der Waals surface area contributed by atoms with E-state index >= 15 is 0 Å². The molecule has 1 rings (SSSR count). The molecular weight excluding hydrogens is 230 g/mol. The van der Waals surface area contributed by atoms with Crippen molar-refractivity contribution in [3.8, 4) is 11.5 Å². The SMILES string of the molecule is CCOc1cc(CNCCCC(C)O)ccc1O. The smallest absolute Gasteiger partial charge is 0.161 e. The maximum Gasteiger partial charge on any atom is 0.161 e. The molecule has 0 spiro atoms. The monoisotopic (exact) mass is 253 g/mol. The zero-order valence-corrected chi connectivity index (χ0v) is 11.1. The maximum atomic E-state index is 9.56. The topological polar surface area (TPSA) is 61.7 Å². The maximum absolute atomic E-state index is 9.56. The van der Waals surface area contributed by atoms with Gasteiger partial charge >= 0.3 is 0 Å². The van der Waals surface area contributed by atoms with Crippen LogP contribution in [0.3, 0.4) is 0 Å². The Balaban J connectivity index is 2.35. The minimum atomic E-state index is -0.231. The van der Waals surface area contributed by atoms with Crippen molar-refractivity contribution in [1.29, 1.82) is 0 Å². The highest BCUT2D eigenvalue weighted by atomic mass is 16.5. The normalized spacial score (nSPS) is 12.4. The molecule has 0 saturated carbocycles. The molecule has 1 aromatic carbocycles. The van der Waals surface area contributed by atoms with Gasteiger partial charge in [0.1, 0.15) is 0 Å². The number of nitrogens with one attached hydrogen (secondary N) is 1. The minimum absolute atomic E-state index is 0.176. The molecule has 0 aliphatic carbocycles. The molecule has 0 fully saturated rings. The van der Waals surface area contributed by atoms with Gasteiger partial charge in [0.2, 0.25) is 0 Å². The Morgan fingerprint density at radius 1 is 1.39 bits per heavy atom. The first kappa shape index (κ1) is 14.8. The second kappa shape index (κ2) is 7.95. The third-order valence-electron chi connectivity index (χ3n) is 2.63. The molecule has 1 aromatic rings. The van der Waals surface area contributed by atoms with Crippen molar-refractivity contribution in [2.75, 3.05) is 13.2 Å². The van der Waals surface area contributed by atoms with Gasteiger partial charge in [-0.25, -0.2) is 0 Å². The minimum Gasteiger partial charge on any atom is -0.504 e. The third-order valence-corrected chi connectivity index (χ3v) is 2.63. The standard InChI is InChI=1S/C14H23NO3/c1-3-18-14-9-12(6-7-13(14)17)10-15-8-4-5-11(2)16/h6-7,9,11,15-17H,3-5,8,10H2,1-2H3. The molecule has 0 aromatic heterocycles. The van der Waals surface area contributed by atoms with Gasteiger partial charge in [-0.1, -0.05) is 6.07 Å². The Hall–Kier alpha value is -1.26. The van der Waals surface area contributed by atoms with E-state index in [0.717, 1.165) is 31.5 Å². The van der Waals surface area contributed by atoms with Crippen LogP contribution in [0.4, 0.5) is 0 Å². The average Bonchev–Trinajstić information content (AvgIpc) is 2.32. The van der Waals surface area contributed by atoms with Gasteiger partial charge in [0.15, 0.2) is 11.5 Å². The number of phenolic OH excluding ortho intramolecular Hbond substituents is 1. The number of benzene rings is 1. The van der Waals surface area contributed by atoms with Crippen molar-refractivity contribution in [3.05, 3.63) is 23.8 Å². The summed E-state index contributed by atoms with van der Waals surface area (Å²) in [6.45, 7) is 5.84. The first-order valence-electron chi connectivity index (χ1n) is 6.47. The van der Waals surface area contributed by atoms with E-state index in [2.05, 4.69) is 5.32 Å². The van der Waals surface area contributed by atoms with Gasteiger partial charge in [-0.15, -0.1) is 0 Å². The van der Waals surface area contributed by atoms with Crippen LogP contribution in [0.1, 0.15) is 32.3 Å². The van der Waals surface area contributed by atoms with Crippen LogP contribution in [0, 0.1) is 0 Å². The predicted octanol–water partition coefficient (Wildman–Crippen LogP) is 2.04. The molecule has 1 atom stereocenters. The first-order chi connectivity index (χ1) is 8.63. The molecule has 0 amide bonds. The number of ether oxygens (including phenoxy) is 1. The van der Waals surface area contributed by atoms with E-state index in [1.807, 2.05) is 19.1 Å². The molecule has 0 saturated heterocycles. The lowest BCUT2D eigenvalue weighted by Gasteiger charge is -2.09. The summed E-state index contributed by atoms with van der Waals surface area (Å²) in [5.41, 5.74) is 1.08. The number of hydrogen-bond donors (Lipinski definition) is 3. The Kier molecular flexibility index (Phi) is 6.54. The van der Waals surface area contributed by atoms with E-state index < -0.39 is 0 Å². The van der Waals surface area contributed by atoms with Crippen LogP contribution in [0.15, 0.2) is 18.2 Å². The molecule has 18 heavy (non-hydrogen) atoms. The van der Waals surface area contributed by atoms with Crippen LogP contribution in [0.2, 0.25) is 0 Å². The second-order valence-electron chi connectivity index (χ2n) is 4.40. The zero-order valence-electron chi connectivity index (χ0n) is 11.1. The van der Waals surface area contributed by atoms with E-state index in [1.165, 1.54) is 0 Å². The summed E-state index contributed by atoms with van der Waals surface area (Å²) in [4.78, 5) is 0. The molecular formula is C14H23NO3. The van der Waals surface area contributed by atoms with Crippen molar-refractivity contribution in [3.63, 3.8) is 0 Å². The zero-order chi connectivity index (χ0) is 13.4. The molecule has 0 aliphatic heterocycles. The second-order valence-corrected chi connectivity index (χ2v) is 4.40. The Labute approximate surface area is 109 Å². The average molecular weight is 253 g/mol. The number of phenols is 1. The molecule has 0 bridgehead atoms. The van der Waals surface area contributed by atoms with Crippen LogP contribution in [0.5, 0.6) is 11.5 Å². The highest BCUT2D eigenvalue weighted by Crippen LogP contribution is 2.26. The highest BCUT2D eigenvalue weighted by Gasteiger charge is 2.03. The quantitative estimate of drug-likeness (QED) is 0.620. The summed E-state index contributed by atoms with van der Waals surface area (Å²) in [6, 6.07) is 5.37. The molecule has 0 heterocycles. The van der Waals surface area contributed by atoms with Crippen molar-refractivity contribution < 1.29 is 14.9 Å². The number of rotatable bonds is 8. The van der Waals surface area contributed by atoms with Crippen LogP contribution in [0.25, 0.3) is 0 Å². The van der Waals surface area contributed by atoms with E-state index in [4.69, 9.17) is 9.84 Å². The van der Waals surface area contributed by atoms with Crippen LogP contribution >= 0.6 is 0 Å². The van der Waals surface area contributed by atoms with Gasteiger partial charge < -0.3 is 20.3 Å². The number of aliphatic hydroxyl groups is 1. The summed E-state index contributed by atoms with van der Waals surface area (Å²) in [7, 11) is 0. The van der Waals surface area contributed by atoms with Crippen molar-refractivity contribution >= 4 is 0 Å². The fourth-order valence-electron chi connectivity index (χ4n) is 1.69. The van der Waals surface area contributed by atoms with Crippen molar-refractivity contribution in [2.45, 2.75) is 39.3 Å². The molecule has 102 valence electrons. The molecule has 0 aliphatic rings. The fourth-order valence-corrected chi connectivity index (χ4v) is 1.69. The van der Waals surface area contributed by atoms with Gasteiger partial charge in [0, 0.05) is 6.54 Å². The van der Waals surface area contributed by atoms with Gasteiger partial charge in [0.25, 0.3) is 0 Å². The highest BCUT2D eigenvalue weighted by molar-refractivity contribution is 5.41. The van der Waals surface area contributed by atoms with Gasteiger partial charge in [-0.3, -0.25) is 0 Å². The summed E-state index contributed by atoms with van der Waals surface area (Å²) >= 11 is 0. The summed E-state index contributed by atoms with van der Waals surface area (Å²) in [6.07, 6.45) is 1.53. The first-order valence-corrected chi connectivity index (χ1v) is 6.47. The van der Waals surface area contributed by atoms with E-state index in [-0.39, 0.29) is 11.9 Å². The number of aromatic hydroxyl groups is 1. The molecule has 0 radical (unpaired) electrons. The van der Waals surface area contributed by atoms with Crippen molar-refractivity contribution in [1.82, 2.24) is 5.32 Å². The summed E-state index contributed by atoms with van der Waals surface area (Å²) in [5.74, 6) is 0.704. The van der Waals surface area contributed by atoms with Crippen molar-refractivity contribution in [2.24, 2.45) is 0 Å². The van der Waals surface area contributed by atoms with Crippen LogP contribution in [-0.4, -0.2) is 29.5 Å². The van der Waals surface area contributed by atoms with E-state index in [9.17, 15) is 5.11 Å². The van der Waals surface area contributed by atoms with Gasteiger partial charge in [-0.2, -0.15) is 0 Å². The molecule has 4 heteroatoms. The number of aliphatic hydroxyl groups excluding tert-OH is 1. The number of hydrogen-bond acceptors (Lipinski definition) is 4. The lowest BCUT2D eigenvalue weighted by Crippen LogP contribution is -2.16. The third kappa shape index (κ3) is 5.38. The lowest BCUT2D eigenvalue weighted by molar-refractivity contribution is 0.181. The van der Waals surface area contributed by atoms with Crippen LogP contribution in [-0.2, 0) is 6.54 Å². The Morgan fingerprint density at radius 2 is 2.17 bits per heavy atom. The molecule has 4 nitrogen and oxygen atoms in total. The summed E-state index contributed by atoms with van der Waals surface area (Å²) in [5, 5.41) is 22.0. The van der Waals surface area contributed by atoms with E-state index in [1.54, 1.807) is 13.0 Å². The predicted molar refractivity (Wildman–Crippen MR) is 71.9 cm³/mol. The Morgan fingerprint density at radius 3 is 2.83 bits per heavy atom. The molecule has 3 N–H and O–H groups in total. The lowest BCUT2D eigenvalue weighted by atomic mass is 10.2. The Bertz CT molecular complexity index is 353. The summed E-state index contributed by atoms with van der Waals surface area (Å²) < 4.78 is 5.33. The fraction of sp³-hybridized carbons (Fsp3) is 0.571. The van der Waals surface area contributed by atoms with E-state index in [0.29, 0.717) is 12.4 Å². The largest absolute Gasteiger partial charge is 0.504 e. The molecule has 1 unspecified atom stereocenters. The van der Waals surface area contributed by atoms with Crippen LogP contribution < -0.4 is 10.1 Å². The van der Waals surface area contributed by atoms with Gasteiger partial charge in [0.05, 0.1) is 12.7 Å². The van der Waals surface area contributed by atoms with Gasteiger partial charge in [-0.05, 0) is 50.9 Å².